The molecule has 0 aliphatic carbocycles. The first-order valence-electron chi connectivity index (χ1n) is 6.87. The van der Waals surface area contributed by atoms with E-state index < -0.39 is 10.7 Å². The van der Waals surface area contributed by atoms with Gasteiger partial charge in [-0.05, 0) is 50.5 Å². The topological polar surface area (TPSA) is 58.4 Å². The molecule has 1 fully saturated rings. The van der Waals surface area contributed by atoms with Crippen molar-refractivity contribution in [1.29, 1.82) is 0 Å². The third-order valence-corrected chi connectivity index (χ3v) is 3.64. The van der Waals surface area contributed by atoms with Crippen LogP contribution in [0.2, 0.25) is 0 Å². The lowest BCUT2D eigenvalue weighted by Crippen LogP contribution is -2.37. The average Bonchev–Trinajstić information content (AvgIpc) is 2.38. The van der Waals surface area contributed by atoms with E-state index in [0.29, 0.717) is 18.0 Å². The molecule has 0 amide bonds. The Morgan fingerprint density at radius 3 is 3.00 bits per heavy atom. The molecular formula is C14H20FN3O2. The Kier molecular flexibility index (Phi) is 5.03. The first-order valence-corrected chi connectivity index (χ1v) is 6.87. The molecule has 1 aromatic carbocycles. The maximum atomic E-state index is 13.3. The minimum absolute atomic E-state index is 0.195. The molecular weight excluding hydrogens is 261 g/mol. The van der Waals surface area contributed by atoms with Gasteiger partial charge in [0.15, 0.2) is 0 Å². The second-order valence-corrected chi connectivity index (χ2v) is 5.48. The van der Waals surface area contributed by atoms with Crippen molar-refractivity contribution in [3.63, 3.8) is 0 Å². The zero-order valence-corrected chi connectivity index (χ0v) is 11.6. The van der Waals surface area contributed by atoms with Crippen LogP contribution in [0.15, 0.2) is 18.2 Å². The van der Waals surface area contributed by atoms with E-state index in [1.165, 1.54) is 25.0 Å². The highest BCUT2D eigenvalue weighted by molar-refractivity contribution is 5.35. The van der Waals surface area contributed by atoms with Crippen molar-refractivity contribution in [3.8, 4) is 0 Å². The summed E-state index contributed by atoms with van der Waals surface area (Å²) in [5.74, 6) is 0.0331. The van der Waals surface area contributed by atoms with Gasteiger partial charge in [0.2, 0.25) is 0 Å². The second-order valence-electron chi connectivity index (χ2n) is 5.48. The number of rotatable bonds is 5. The van der Waals surface area contributed by atoms with Crippen LogP contribution in [0.3, 0.4) is 0 Å². The maximum absolute atomic E-state index is 13.3. The highest BCUT2D eigenvalue weighted by Gasteiger charge is 2.16. The van der Waals surface area contributed by atoms with Gasteiger partial charge in [0.25, 0.3) is 5.69 Å². The molecule has 0 aromatic heterocycles. The number of nitrogens with one attached hydrogen (secondary N) is 1. The molecule has 2 rings (SSSR count). The van der Waals surface area contributed by atoms with Crippen LogP contribution < -0.4 is 5.32 Å². The van der Waals surface area contributed by atoms with Crippen LogP contribution >= 0.6 is 0 Å². The summed E-state index contributed by atoms with van der Waals surface area (Å²) >= 11 is 0. The van der Waals surface area contributed by atoms with Crippen molar-refractivity contribution in [3.05, 3.63) is 39.7 Å². The summed E-state index contributed by atoms with van der Waals surface area (Å²) in [5, 5.41) is 13.9. The summed E-state index contributed by atoms with van der Waals surface area (Å²) in [4.78, 5) is 12.4. The molecule has 1 atom stereocenters. The lowest BCUT2D eigenvalue weighted by Gasteiger charge is -2.29. The summed E-state index contributed by atoms with van der Waals surface area (Å²) < 4.78 is 13.3. The lowest BCUT2D eigenvalue weighted by atomic mass is 9.98. The summed E-state index contributed by atoms with van der Waals surface area (Å²) in [5.41, 5.74) is 0.417. The summed E-state index contributed by atoms with van der Waals surface area (Å²) in [7, 11) is 2.11. The van der Waals surface area contributed by atoms with Gasteiger partial charge in [-0.3, -0.25) is 10.1 Å². The highest BCUT2D eigenvalue weighted by Crippen LogP contribution is 2.17. The Morgan fingerprint density at radius 1 is 1.50 bits per heavy atom. The fraction of sp³-hybridized carbons (Fsp3) is 0.571. The Morgan fingerprint density at radius 2 is 2.30 bits per heavy atom. The molecule has 1 saturated heterocycles. The molecule has 0 bridgehead atoms. The molecule has 0 radical (unpaired) electrons. The quantitative estimate of drug-likeness (QED) is 0.664. The van der Waals surface area contributed by atoms with Gasteiger partial charge in [-0.15, -0.1) is 0 Å². The van der Waals surface area contributed by atoms with Crippen LogP contribution in [-0.4, -0.2) is 36.5 Å². The SMILES string of the molecule is CN1CCCC(CNCc2cc(F)cc([N+](=O)[O-])c2)C1. The van der Waals surface area contributed by atoms with E-state index in [0.717, 1.165) is 25.7 Å². The smallest absolute Gasteiger partial charge is 0.272 e. The predicted octanol–water partition coefficient (Wildman–Crippen LogP) is 2.17. The molecule has 1 aromatic rings. The van der Waals surface area contributed by atoms with Crippen LogP contribution in [0.4, 0.5) is 10.1 Å². The van der Waals surface area contributed by atoms with Crippen LogP contribution in [0.1, 0.15) is 18.4 Å². The molecule has 1 heterocycles. The fourth-order valence-electron chi connectivity index (χ4n) is 2.70. The van der Waals surface area contributed by atoms with Gasteiger partial charge in [-0.25, -0.2) is 4.39 Å². The zero-order chi connectivity index (χ0) is 14.5. The number of piperidine rings is 1. The van der Waals surface area contributed by atoms with Crippen molar-refractivity contribution in [2.75, 3.05) is 26.7 Å². The fourth-order valence-corrected chi connectivity index (χ4v) is 2.70. The third kappa shape index (κ3) is 4.25. The first-order chi connectivity index (χ1) is 9.54. The number of non-ortho nitro benzene ring substituents is 1. The number of benzene rings is 1. The summed E-state index contributed by atoms with van der Waals surface area (Å²) in [6.07, 6.45) is 2.40. The number of hydrogen-bond donors (Lipinski definition) is 1. The highest BCUT2D eigenvalue weighted by atomic mass is 19.1. The summed E-state index contributed by atoms with van der Waals surface area (Å²) in [6, 6.07) is 3.70. The van der Waals surface area contributed by atoms with Crippen LogP contribution in [0, 0.1) is 21.8 Å². The Hall–Kier alpha value is -1.53. The van der Waals surface area contributed by atoms with E-state index in [4.69, 9.17) is 0 Å². The molecule has 1 unspecified atom stereocenters. The van der Waals surface area contributed by atoms with Gasteiger partial charge in [-0.2, -0.15) is 0 Å². The molecule has 1 N–H and O–H groups in total. The third-order valence-electron chi connectivity index (χ3n) is 3.64. The van der Waals surface area contributed by atoms with Gasteiger partial charge < -0.3 is 10.2 Å². The van der Waals surface area contributed by atoms with Crippen molar-refractivity contribution in [2.24, 2.45) is 5.92 Å². The molecule has 110 valence electrons. The van der Waals surface area contributed by atoms with Gasteiger partial charge in [-0.1, -0.05) is 0 Å². The largest absolute Gasteiger partial charge is 0.312 e. The standard InChI is InChI=1S/C14H20FN3O2/c1-17-4-2-3-11(10-17)8-16-9-12-5-13(15)7-14(6-12)18(19)20/h5-7,11,16H,2-4,8-10H2,1H3. The van der Waals surface area contributed by atoms with Crippen molar-refractivity contribution < 1.29 is 9.31 Å². The minimum Gasteiger partial charge on any atom is -0.312 e. The minimum atomic E-state index is -0.567. The van der Waals surface area contributed by atoms with E-state index in [9.17, 15) is 14.5 Å². The molecule has 1 aliphatic rings. The Balaban J connectivity index is 1.86. The van der Waals surface area contributed by atoms with Crippen LogP contribution in [-0.2, 0) is 6.54 Å². The van der Waals surface area contributed by atoms with Crippen molar-refractivity contribution >= 4 is 5.69 Å². The second kappa shape index (κ2) is 6.76. The average molecular weight is 281 g/mol. The van der Waals surface area contributed by atoms with E-state index in [-0.39, 0.29) is 5.69 Å². The van der Waals surface area contributed by atoms with Gasteiger partial charge in [0.05, 0.1) is 11.0 Å². The van der Waals surface area contributed by atoms with Crippen molar-refractivity contribution in [1.82, 2.24) is 10.2 Å². The Labute approximate surface area is 117 Å². The normalized spacial score (nSPS) is 20.0. The van der Waals surface area contributed by atoms with E-state index in [1.807, 2.05) is 0 Å². The zero-order valence-electron chi connectivity index (χ0n) is 11.6. The predicted molar refractivity (Wildman–Crippen MR) is 75.0 cm³/mol. The molecule has 5 nitrogen and oxygen atoms in total. The first kappa shape index (κ1) is 14.9. The van der Waals surface area contributed by atoms with E-state index in [2.05, 4.69) is 17.3 Å². The molecule has 0 spiro atoms. The number of likely N-dealkylation sites (tertiary alicyclic amines) is 1. The van der Waals surface area contributed by atoms with Crippen molar-refractivity contribution in [2.45, 2.75) is 19.4 Å². The number of nitro groups is 1. The van der Waals surface area contributed by atoms with Crippen LogP contribution in [0.5, 0.6) is 0 Å². The van der Waals surface area contributed by atoms with Gasteiger partial charge >= 0.3 is 0 Å². The summed E-state index contributed by atoms with van der Waals surface area (Å²) in [6.45, 7) is 3.52. The molecule has 20 heavy (non-hydrogen) atoms. The van der Waals surface area contributed by atoms with Crippen LogP contribution in [0.25, 0.3) is 0 Å². The monoisotopic (exact) mass is 281 g/mol. The molecule has 1 aliphatic heterocycles. The Bertz CT molecular complexity index is 481. The number of halogens is 1. The number of nitrogens with zero attached hydrogens (tertiary/aromatic N) is 2. The number of hydrogen-bond acceptors (Lipinski definition) is 4. The van der Waals surface area contributed by atoms with E-state index >= 15 is 0 Å². The maximum Gasteiger partial charge on any atom is 0.272 e. The van der Waals surface area contributed by atoms with E-state index in [1.54, 1.807) is 0 Å². The van der Waals surface area contributed by atoms with Gasteiger partial charge in [0.1, 0.15) is 5.82 Å². The molecule has 6 heteroatoms. The molecule has 0 saturated carbocycles. The lowest BCUT2D eigenvalue weighted by molar-refractivity contribution is -0.385. The van der Waals surface area contributed by atoms with Gasteiger partial charge in [0, 0.05) is 19.2 Å². The number of nitro benzene ring substituents is 1.